The maximum atomic E-state index is 13.5. The van der Waals surface area contributed by atoms with Crippen molar-refractivity contribution in [2.45, 2.75) is 60.0 Å². The fraction of sp³-hybridized carbons (Fsp3) is 0.440. The molecule has 2 rings (SSSR count). The van der Waals surface area contributed by atoms with Gasteiger partial charge in [-0.15, -0.1) is 0 Å². The summed E-state index contributed by atoms with van der Waals surface area (Å²) in [5.74, 6) is 0.0770. The highest BCUT2D eigenvalue weighted by Crippen LogP contribution is 2.24. The van der Waals surface area contributed by atoms with E-state index in [4.69, 9.17) is 23.2 Å². The summed E-state index contributed by atoms with van der Waals surface area (Å²) in [7, 11) is 0. The minimum Gasteiger partial charge on any atom is -0.354 e. The zero-order valence-electron chi connectivity index (χ0n) is 19.0. The number of benzene rings is 2. The molecular weight excluding hydrogens is 431 g/mol. The van der Waals surface area contributed by atoms with Crippen molar-refractivity contribution in [2.75, 3.05) is 6.54 Å². The van der Waals surface area contributed by atoms with Crippen LogP contribution < -0.4 is 5.32 Å². The summed E-state index contributed by atoms with van der Waals surface area (Å²) >= 11 is 12.4. The first kappa shape index (κ1) is 25.2. The normalized spacial score (nSPS) is 12.0. The van der Waals surface area contributed by atoms with Gasteiger partial charge >= 0.3 is 0 Å². The number of aryl methyl sites for hydroxylation is 2. The van der Waals surface area contributed by atoms with E-state index in [0.29, 0.717) is 28.9 Å². The van der Waals surface area contributed by atoms with E-state index in [0.717, 1.165) is 22.3 Å². The van der Waals surface area contributed by atoms with E-state index < -0.39 is 6.04 Å². The summed E-state index contributed by atoms with van der Waals surface area (Å²) in [6, 6.07) is 10.7. The van der Waals surface area contributed by atoms with E-state index in [1.807, 2.05) is 58.9 Å². The molecule has 168 valence electrons. The van der Waals surface area contributed by atoms with Gasteiger partial charge in [0.1, 0.15) is 6.04 Å². The Hall–Kier alpha value is -2.04. The van der Waals surface area contributed by atoms with Crippen LogP contribution in [0.3, 0.4) is 0 Å². The summed E-state index contributed by atoms with van der Waals surface area (Å²) in [6.45, 7) is 10.8. The fourth-order valence-corrected chi connectivity index (χ4v) is 3.90. The average molecular weight is 463 g/mol. The third kappa shape index (κ3) is 7.26. The molecule has 0 aliphatic carbocycles. The number of nitrogens with one attached hydrogen (secondary N) is 1. The van der Waals surface area contributed by atoms with Crippen molar-refractivity contribution in [2.24, 2.45) is 5.92 Å². The Morgan fingerprint density at radius 2 is 1.74 bits per heavy atom. The first-order chi connectivity index (χ1) is 14.6. The van der Waals surface area contributed by atoms with Gasteiger partial charge in [0.2, 0.25) is 11.8 Å². The van der Waals surface area contributed by atoms with Gasteiger partial charge in [0, 0.05) is 23.1 Å². The lowest BCUT2D eigenvalue weighted by molar-refractivity contribution is -0.141. The van der Waals surface area contributed by atoms with Crippen molar-refractivity contribution in [3.63, 3.8) is 0 Å². The van der Waals surface area contributed by atoms with Gasteiger partial charge in [-0.25, -0.2) is 0 Å². The highest BCUT2D eigenvalue weighted by atomic mass is 35.5. The van der Waals surface area contributed by atoms with Crippen LogP contribution in [-0.2, 0) is 22.6 Å². The predicted octanol–water partition coefficient (Wildman–Crippen LogP) is 5.73. The predicted molar refractivity (Wildman–Crippen MR) is 129 cm³/mol. The van der Waals surface area contributed by atoms with Gasteiger partial charge in [-0.3, -0.25) is 9.59 Å². The van der Waals surface area contributed by atoms with E-state index in [9.17, 15) is 9.59 Å². The third-order valence-corrected chi connectivity index (χ3v) is 5.86. The molecule has 6 heteroatoms. The van der Waals surface area contributed by atoms with Crippen LogP contribution in [0.2, 0.25) is 10.0 Å². The topological polar surface area (TPSA) is 49.4 Å². The first-order valence-corrected chi connectivity index (χ1v) is 11.4. The molecule has 2 amide bonds. The molecule has 4 nitrogen and oxygen atoms in total. The number of carbonyl (C=O) groups is 2. The van der Waals surface area contributed by atoms with E-state index in [2.05, 4.69) is 5.32 Å². The second-order valence-corrected chi connectivity index (χ2v) is 9.27. The largest absolute Gasteiger partial charge is 0.354 e. The van der Waals surface area contributed by atoms with Gasteiger partial charge in [0.05, 0.1) is 6.42 Å². The van der Waals surface area contributed by atoms with Crippen molar-refractivity contribution in [3.8, 4) is 0 Å². The second kappa shape index (κ2) is 11.5. The lowest BCUT2D eigenvalue weighted by Gasteiger charge is -2.31. The molecule has 0 heterocycles. The van der Waals surface area contributed by atoms with Crippen LogP contribution in [0.25, 0.3) is 0 Å². The Labute approximate surface area is 195 Å². The molecule has 2 aromatic carbocycles. The summed E-state index contributed by atoms with van der Waals surface area (Å²) in [5, 5.41) is 3.99. The standard InChI is InChI=1S/C25H32Cl2N2O2/c1-6-23(25(31)28-14-16(2)3)29(15-19-9-10-21(26)13-22(19)27)24(30)12-20-11-17(4)7-8-18(20)5/h7-11,13,16,23H,6,12,14-15H2,1-5H3,(H,28,31)/t23-/m1/s1. The van der Waals surface area contributed by atoms with Crippen LogP contribution in [0.4, 0.5) is 0 Å². The number of rotatable bonds is 9. The number of halogens is 2. The SMILES string of the molecule is CC[C@H](C(=O)NCC(C)C)N(Cc1ccc(Cl)cc1Cl)C(=O)Cc1cc(C)ccc1C. The molecule has 0 aromatic heterocycles. The molecule has 0 saturated carbocycles. The quantitative estimate of drug-likeness (QED) is 0.516. The Kier molecular flexibility index (Phi) is 9.39. The molecule has 0 unspecified atom stereocenters. The van der Waals surface area contributed by atoms with E-state index in [1.54, 1.807) is 17.0 Å². The maximum absolute atomic E-state index is 13.5. The van der Waals surface area contributed by atoms with Crippen molar-refractivity contribution >= 4 is 35.0 Å². The molecule has 0 spiro atoms. The van der Waals surface area contributed by atoms with Gasteiger partial charge in [0.15, 0.2) is 0 Å². The van der Waals surface area contributed by atoms with Gasteiger partial charge in [-0.05, 0) is 55.0 Å². The van der Waals surface area contributed by atoms with Crippen LogP contribution in [0.5, 0.6) is 0 Å². The first-order valence-electron chi connectivity index (χ1n) is 10.7. The van der Waals surface area contributed by atoms with Crippen LogP contribution in [-0.4, -0.2) is 29.3 Å². The van der Waals surface area contributed by atoms with Gasteiger partial charge in [0.25, 0.3) is 0 Å². The lowest BCUT2D eigenvalue weighted by atomic mass is 10.0. The zero-order valence-corrected chi connectivity index (χ0v) is 20.5. The van der Waals surface area contributed by atoms with E-state index in [1.165, 1.54) is 0 Å². The van der Waals surface area contributed by atoms with Crippen molar-refractivity contribution in [1.82, 2.24) is 10.2 Å². The summed E-state index contributed by atoms with van der Waals surface area (Å²) in [6.07, 6.45) is 0.736. The van der Waals surface area contributed by atoms with Crippen LogP contribution in [0.1, 0.15) is 49.4 Å². The molecule has 0 saturated heterocycles. The van der Waals surface area contributed by atoms with Gasteiger partial charge < -0.3 is 10.2 Å². The van der Waals surface area contributed by atoms with E-state index >= 15 is 0 Å². The van der Waals surface area contributed by atoms with Crippen LogP contribution in [0.15, 0.2) is 36.4 Å². The molecule has 0 fully saturated rings. The monoisotopic (exact) mass is 462 g/mol. The Balaban J connectivity index is 2.36. The molecule has 2 aromatic rings. The Morgan fingerprint density at radius 1 is 1.03 bits per heavy atom. The van der Waals surface area contributed by atoms with Gasteiger partial charge in [-0.1, -0.05) is 73.8 Å². The average Bonchev–Trinajstić information content (AvgIpc) is 2.70. The fourth-order valence-electron chi connectivity index (χ4n) is 3.43. The number of amides is 2. The minimum absolute atomic E-state index is 0.105. The molecule has 31 heavy (non-hydrogen) atoms. The van der Waals surface area contributed by atoms with Crippen molar-refractivity contribution in [3.05, 3.63) is 68.7 Å². The highest BCUT2D eigenvalue weighted by Gasteiger charge is 2.29. The molecule has 0 aliphatic rings. The summed E-state index contributed by atoms with van der Waals surface area (Å²) in [5.41, 5.74) is 3.88. The third-order valence-electron chi connectivity index (χ3n) is 5.27. The second-order valence-electron chi connectivity index (χ2n) is 8.43. The molecule has 0 bridgehead atoms. The molecule has 0 aliphatic heterocycles. The number of nitrogens with zero attached hydrogens (tertiary/aromatic N) is 1. The molecular formula is C25H32Cl2N2O2. The molecule has 1 N–H and O–H groups in total. The van der Waals surface area contributed by atoms with Gasteiger partial charge in [-0.2, -0.15) is 0 Å². The molecule has 1 atom stereocenters. The smallest absolute Gasteiger partial charge is 0.242 e. The zero-order chi connectivity index (χ0) is 23.1. The van der Waals surface area contributed by atoms with Crippen molar-refractivity contribution in [1.29, 1.82) is 0 Å². The van der Waals surface area contributed by atoms with Crippen LogP contribution in [0, 0.1) is 19.8 Å². The maximum Gasteiger partial charge on any atom is 0.242 e. The summed E-state index contributed by atoms with van der Waals surface area (Å²) in [4.78, 5) is 28.1. The number of carbonyl (C=O) groups excluding carboxylic acids is 2. The number of hydrogen-bond acceptors (Lipinski definition) is 2. The molecule has 0 radical (unpaired) electrons. The Bertz CT molecular complexity index is 928. The minimum atomic E-state index is -0.580. The highest BCUT2D eigenvalue weighted by molar-refractivity contribution is 6.35. The Morgan fingerprint density at radius 3 is 2.35 bits per heavy atom. The lowest BCUT2D eigenvalue weighted by Crippen LogP contribution is -2.50. The van der Waals surface area contributed by atoms with Crippen molar-refractivity contribution < 1.29 is 9.59 Å². The summed E-state index contributed by atoms with van der Waals surface area (Å²) < 4.78 is 0. The number of hydrogen-bond donors (Lipinski definition) is 1. The van der Waals surface area contributed by atoms with E-state index in [-0.39, 0.29) is 24.8 Å². The van der Waals surface area contributed by atoms with Crippen LogP contribution >= 0.6 is 23.2 Å².